The second kappa shape index (κ2) is 7.20. The molecule has 4 aromatic rings. The van der Waals surface area contributed by atoms with Gasteiger partial charge in [-0.2, -0.15) is 0 Å². The van der Waals surface area contributed by atoms with E-state index >= 15 is 0 Å². The van der Waals surface area contributed by atoms with Crippen LogP contribution in [0.5, 0.6) is 0 Å². The third-order valence-electron chi connectivity index (χ3n) is 4.34. The molecule has 8 nitrogen and oxygen atoms in total. The minimum atomic E-state index is -0.482. The van der Waals surface area contributed by atoms with Gasteiger partial charge in [0.25, 0.3) is 11.2 Å². The molecule has 0 bridgehead atoms. The number of non-ortho nitro benzene ring substituents is 1. The van der Waals surface area contributed by atoms with Crippen molar-refractivity contribution in [2.24, 2.45) is 0 Å². The van der Waals surface area contributed by atoms with E-state index in [1.54, 1.807) is 24.3 Å². The van der Waals surface area contributed by atoms with Gasteiger partial charge in [-0.1, -0.05) is 18.2 Å². The van der Waals surface area contributed by atoms with Gasteiger partial charge in [0.15, 0.2) is 5.52 Å². The molecule has 0 aliphatic heterocycles. The Morgan fingerprint density at radius 2 is 1.89 bits per heavy atom. The minimum absolute atomic E-state index is 0.0557. The lowest BCUT2D eigenvalue weighted by Gasteiger charge is -2.13. The van der Waals surface area contributed by atoms with E-state index in [0.717, 1.165) is 9.44 Å². The molecule has 0 aliphatic rings. The fourth-order valence-electron chi connectivity index (χ4n) is 3.04. The molecule has 0 unspecified atom stereocenters. The molecule has 28 heavy (non-hydrogen) atoms. The Morgan fingerprint density at radius 3 is 2.64 bits per heavy atom. The number of benzene rings is 1. The smallest absolute Gasteiger partial charge is 0.287 e. The Balaban J connectivity index is 1.90. The molecule has 0 aliphatic carbocycles. The topological polar surface area (TPSA) is 100 Å². The highest BCUT2D eigenvalue weighted by Gasteiger charge is 2.16. The number of aromatic nitrogens is 3. The Morgan fingerprint density at radius 1 is 1.04 bits per heavy atom. The van der Waals surface area contributed by atoms with Crippen molar-refractivity contribution in [3.8, 4) is 0 Å². The maximum absolute atomic E-state index is 13.1. The number of hydrogen-bond acceptors (Lipinski definition) is 6. The minimum Gasteiger partial charge on any atom is -0.287 e. The van der Waals surface area contributed by atoms with Crippen LogP contribution in [-0.4, -0.2) is 19.0 Å². The van der Waals surface area contributed by atoms with Crippen molar-refractivity contribution >= 4 is 28.1 Å². The summed E-state index contributed by atoms with van der Waals surface area (Å²) in [4.78, 5) is 41.5. The standard InChI is InChI=1S/C19H14N4O4S/c24-18-17-16(7-2-8-20-17)21(11-13-4-1-5-14(10-13)23(26)27)19(25)22(18)12-15-6-3-9-28-15/h1-10H,11-12H2. The molecule has 9 heteroatoms. The van der Waals surface area contributed by atoms with Crippen LogP contribution in [0.1, 0.15) is 10.4 Å². The number of hydrogen-bond donors (Lipinski definition) is 0. The van der Waals surface area contributed by atoms with Crippen LogP contribution >= 0.6 is 11.3 Å². The van der Waals surface area contributed by atoms with Crippen molar-refractivity contribution < 1.29 is 4.92 Å². The molecule has 140 valence electrons. The average Bonchev–Trinajstić information content (AvgIpc) is 3.22. The number of pyridine rings is 1. The predicted octanol–water partition coefficient (Wildman–Crippen LogP) is 2.62. The quantitative estimate of drug-likeness (QED) is 0.383. The van der Waals surface area contributed by atoms with Gasteiger partial charge in [0.05, 0.1) is 23.5 Å². The highest BCUT2D eigenvalue weighted by Crippen LogP contribution is 2.15. The molecule has 0 fully saturated rings. The largest absolute Gasteiger partial charge is 0.332 e. The van der Waals surface area contributed by atoms with Gasteiger partial charge in [-0.05, 0) is 29.1 Å². The number of thiophene rings is 1. The number of nitro groups is 1. The van der Waals surface area contributed by atoms with Gasteiger partial charge in [-0.15, -0.1) is 11.3 Å². The summed E-state index contributed by atoms with van der Waals surface area (Å²) in [5, 5.41) is 12.9. The average molecular weight is 394 g/mol. The van der Waals surface area contributed by atoms with Crippen molar-refractivity contribution in [2.45, 2.75) is 13.1 Å². The monoisotopic (exact) mass is 394 g/mol. The molecule has 0 radical (unpaired) electrons. The number of nitro benzene ring substituents is 1. The van der Waals surface area contributed by atoms with E-state index in [1.807, 2.05) is 17.5 Å². The first-order chi connectivity index (χ1) is 13.5. The summed E-state index contributed by atoms with van der Waals surface area (Å²) in [7, 11) is 0. The number of rotatable bonds is 5. The van der Waals surface area contributed by atoms with Gasteiger partial charge in [0.1, 0.15) is 0 Å². The molecule has 0 saturated carbocycles. The molecule has 4 rings (SSSR count). The first kappa shape index (κ1) is 17.8. The van der Waals surface area contributed by atoms with Crippen LogP contribution in [0.2, 0.25) is 0 Å². The van der Waals surface area contributed by atoms with E-state index in [4.69, 9.17) is 0 Å². The van der Waals surface area contributed by atoms with E-state index in [1.165, 1.54) is 34.2 Å². The van der Waals surface area contributed by atoms with Gasteiger partial charge >= 0.3 is 5.69 Å². The Labute approximate surface area is 162 Å². The molecule has 3 heterocycles. The first-order valence-corrected chi connectivity index (χ1v) is 9.26. The summed E-state index contributed by atoms with van der Waals surface area (Å²) in [5.74, 6) is 0. The predicted molar refractivity (Wildman–Crippen MR) is 106 cm³/mol. The summed E-state index contributed by atoms with van der Waals surface area (Å²) >= 11 is 1.45. The summed E-state index contributed by atoms with van der Waals surface area (Å²) in [6.07, 6.45) is 1.50. The lowest BCUT2D eigenvalue weighted by atomic mass is 10.2. The second-order valence-corrected chi connectivity index (χ2v) is 7.17. The Bertz CT molecular complexity index is 1290. The van der Waals surface area contributed by atoms with Crippen molar-refractivity contribution in [3.63, 3.8) is 0 Å². The zero-order chi connectivity index (χ0) is 19.7. The van der Waals surface area contributed by atoms with Crippen LogP contribution in [0.3, 0.4) is 0 Å². The summed E-state index contributed by atoms with van der Waals surface area (Å²) in [5.41, 5.74) is 0.174. The molecule has 0 N–H and O–H groups in total. The van der Waals surface area contributed by atoms with Crippen molar-refractivity contribution in [1.29, 1.82) is 0 Å². The zero-order valence-electron chi connectivity index (χ0n) is 14.5. The maximum Gasteiger partial charge on any atom is 0.332 e. The summed E-state index contributed by atoms with van der Waals surface area (Å²) < 4.78 is 2.58. The summed E-state index contributed by atoms with van der Waals surface area (Å²) in [6.45, 7) is 0.240. The Hall–Kier alpha value is -3.59. The molecule has 3 aromatic heterocycles. The van der Waals surface area contributed by atoms with Gasteiger partial charge in [0, 0.05) is 23.2 Å². The van der Waals surface area contributed by atoms with Crippen LogP contribution in [0.4, 0.5) is 5.69 Å². The van der Waals surface area contributed by atoms with Crippen LogP contribution < -0.4 is 11.2 Å². The second-order valence-electron chi connectivity index (χ2n) is 6.14. The van der Waals surface area contributed by atoms with Crippen LogP contribution in [-0.2, 0) is 13.1 Å². The molecule has 0 saturated heterocycles. The molecule has 0 spiro atoms. The third-order valence-corrected chi connectivity index (χ3v) is 5.20. The van der Waals surface area contributed by atoms with Gasteiger partial charge in [0.2, 0.25) is 0 Å². The number of fused-ring (bicyclic) bond motifs is 1. The van der Waals surface area contributed by atoms with E-state index in [0.29, 0.717) is 11.1 Å². The lowest BCUT2D eigenvalue weighted by molar-refractivity contribution is -0.384. The molecule has 1 aromatic carbocycles. The van der Waals surface area contributed by atoms with Gasteiger partial charge < -0.3 is 0 Å². The van der Waals surface area contributed by atoms with Crippen molar-refractivity contribution in [1.82, 2.24) is 14.1 Å². The SMILES string of the molecule is O=c1c2ncccc2n(Cc2cccc([N+](=O)[O-])c2)c(=O)n1Cc1cccs1. The normalized spacial score (nSPS) is 11.0. The first-order valence-electron chi connectivity index (χ1n) is 8.38. The van der Waals surface area contributed by atoms with E-state index in [9.17, 15) is 19.7 Å². The Kier molecular flexibility index (Phi) is 4.58. The van der Waals surface area contributed by atoms with Gasteiger partial charge in [-0.3, -0.25) is 24.0 Å². The molecule has 0 amide bonds. The third kappa shape index (κ3) is 3.23. The van der Waals surface area contributed by atoms with Crippen LogP contribution in [0, 0.1) is 10.1 Å². The molecular weight excluding hydrogens is 380 g/mol. The van der Waals surface area contributed by atoms with Crippen LogP contribution in [0.15, 0.2) is 69.7 Å². The highest BCUT2D eigenvalue weighted by molar-refractivity contribution is 7.09. The fourth-order valence-corrected chi connectivity index (χ4v) is 3.74. The molecular formula is C19H14N4O4S. The van der Waals surface area contributed by atoms with Crippen molar-refractivity contribution in [2.75, 3.05) is 0 Å². The van der Waals surface area contributed by atoms with Crippen molar-refractivity contribution in [3.05, 3.63) is 102 Å². The zero-order valence-corrected chi connectivity index (χ0v) is 15.3. The molecule has 0 atom stereocenters. The number of nitrogens with zero attached hydrogens (tertiary/aromatic N) is 4. The van der Waals surface area contributed by atoms with E-state index in [-0.39, 0.29) is 24.3 Å². The van der Waals surface area contributed by atoms with E-state index < -0.39 is 16.2 Å². The summed E-state index contributed by atoms with van der Waals surface area (Å²) in [6, 6.07) is 13.1. The maximum atomic E-state index is 13.1. The van der Waals surface area contributed by atoms with Crippen LogP contribution in [0.25, 0.3) is 11.0 Å². The fraction of sp³-hybridized carbons (Fsp3) is 0.105. The lowest BCUT2D eigenvalue weighted by Crippen LogP contribution is -2.40. The van der Waals surface area contributed by atoms with E-state index in [2.05, 4.69) is 4.98 Å². The van der Waals surface area contributed by atoms with Gasteiger partial charge in [-0.25, -0.2) is 9.78 Å². The highest BCUT2D eigenvalue weighted by atomic mass is 32.1.